The van der Waals surface area contributed by atoms with Crippen LogP contribution in [0.4, 0.5) is 0 Å². The predicted octanol–water partition coefficient (Wildman–Crippen LogP) is -1.23. The van der Waals surface area contributed by atoms with E-state index in [0.717, 1.165) is 38.4 Å². The van der Waals surface area contributed by atoms with Gasteiger partial charge in [0.2, 0.25) is 15.9 Å². The van der Waals surface area contributed by atoms with E-state index >= 15 is 0 Å². The van der Waals surface area contributed by atoms with Gasteiger partial charge >= 0.3 is 0 Å². The number of carbonyl (C=O) groups excluding carboxylic acids is 1. The Morgan fingerprint density at radius 1 is 1.50 bits per heavy atom. The van der Waals surface area contributed by atoms with E-state index in [9.17, 15) is 18.3 Å². The van der Waals surface area contributed by atoms with Crippen LogP contribution in [-0.2, 0) is 14.8 Å². The summed E-state index contributed by atoms with van der Waals surface area (Å²) >= 11 is 0. The Kier molecular flexibility index (Phi) is 4.38. The number of β-amino-alcohol motifs (C(OH)–C–C–N with tert-alkyl or cyclic N) is 1. The summed E-state index contributed by atoms with van der Waals surface area (Å²) in [4.78, 5) is 13.8. The van der Waals surface area contributed by atoms with Crippen molar-refractivity contribution in [1.82, 2.24) is 9.62 Å². The second kappa shape index (κ2) is 5.59. The lowest BCUT2D eigenvalue weighted by Gasteiger charge is -2.43. The molecule has 20 heavy (non-hydrogen) atoms. The van der Waals surface area contributed by atoms with E-state index in [-0.39, 0.29) is 25.0 Å². The summed E-state index contributed by atoms with van der Waals surface area (Å²) in [5, 5.41) is 10.0. The molecule has 0 aromatic carbocycles. The predicted molar refractivity (Wildman–Crippen MR) is 74.4 cm³/mol. The topological polar surface area (TPSA) is 113 Å². The highest BCUT2D eigenvalue weighted by Gasteiger charge is 2.52. The summed E-state index contributed by atoms with van der Waals surface area (Å²) in [6.07, 6.45) is 4.56. The van der Waals surface area contributed by atoms with Crippen molar-refractivity contribution < 1.29 is 18.3 Å². The zero-order valence-corrected chi connectivity index (χ0v) is 12.5. The molecule has 3 atom stereocenters. The molecule has 7 nitrogen and oxygen atoms in total. The number of fused-ring (bicyclic) bond motifs is 2. The van der Waals surface area contributed by atoms with Crippen molar-refractivity contribution in [3.8, 4) is 0 Å². The fraction of sp³-hybridized carbons (Fsp3) is 0.917. The number of aliphatic hydroxyl groups is 1. The van der Waals surface area contributed by atoms with Gasteiger partial charge in [0, 0.05) is 19.1 Å². The van der Waals surface area contributed by atoms with E-state index in [2.05, 4.69) is 4.72 Å². The van der Waals surface area contributed by atoms with Crippen molar-refractivity contribution in [3.05, 3.63) is 0 Å². The first-order valence-electron chi connectivity index (χ1n) is 6.94. The molecule has 2 fully saturated rings. The number of carbonyl (C=O) groups is 1. The van der Waals surface area contributed by atoms with Gasteiger partial charge in [-0.3, -0.25) is 9.69 Å². The van der Waals surface area contributed by atoms with Gasteiger partial charge in [-0.1, -0.05) is 0 Å². The Morgan fingerprint density at radius 3 is 2.80 bits per heavy atom. The molecule has 0 radical (unpaired) electrons. The summed E-state index contributed by atoms with van der Waals surface area (Å²) in [5.74, 6) is -0.331. The van der Waals surface area contributed by atoms with Crippen molar-refractivity contribution in [3.63, 3.8) is 0 Å². The lowest BCUT2D eigenvalue weighted by Crippen LogP contribution is -2.60. The minimum atomic E-state index is -3.32. The van der Waals surface area contributed by atoms with Crippen LogP contribution in [0, 0.1) is 0 Å². The number of rotatable bonds is 6. The first-order chi connectivity index (χ1) is 9.24. The van der Waals surface area contributed by atoms with Crippen molar-refractivity contribution in [2.45, 2.75) is 49.8 Å². The highest BCUT2D eigenvalue weighted by atomic mass is 32.2. The fourth-order valence-corrected chi connectivity index (χ4v) is 4.00. The quantitative estimate of drug-likeness (QED) is 0.569. The molecule has 0 aromatic heterocycles. The number of aliphatic hydroxyl groups excluding tert-OH is 1. The van der Waals surface area contributed by atoms with E-state index < -0.39 is 21.7 Å². The molecule has 2 bridgehead atoms. The Hall–Kier alpha value is -0.700. The van der Waals surface area contributed by atoms with Gasteiger partial charge in [0.15, 0.2) is 0 Å². The van der Waals surface area contributed by atoms with Crippen LogP contribution in [0.15, 0.2) is 0 Å². The number of amides is 1. The van der Waals surface area contributed by atoms with Crippen LogP contribution in [0.3, 0.4) is 0 Å². The molecule has 116 valence electrons. The minimum absolute atomic E-state index is 0.0447. The molecular formula is C12H23N3O4S. The van der Waals surface area contributed by atoms with Gasteiger partial charge < -0.3 is 10.8 Å². The lowest BCUT2D eigenvalue weighted by molar-refractivity contribution is -0.132. The SMILES string of the molecule is CS(=O)(=O)NCC(O)CN1[C@H]2CCC[C@]1(C(N)=O)CC2. The van der Waals surface area contributed by atoms with Gasteiger partial charge in [0.1, 0.15) is 5.54 Å². The van der Waals surface area contributed by atoms with Gasteiger partial charge in [-0.2, -0.15) is 0 Å². The monoisotopic (exact) mass is 305 g/mol. The van der Waals surface area contributed by atoms with Gasteiger partial charge in [-0.05, 0) is 32.1 Å². The number of nitrogens with one attached hydrogen (secondary N) is 1. The molecule has 0 spiro atoms. The molecule has 2 aliphatic heterocycles. The van der Waals surface area contributed by atoms with Crippen LogP contribution in [0.25, 0.3) is 0 Å². The summed E-state index contributed by atoms with van der Waals surface area (Å²) in [6, 6.07) is 0.268. The number of hydrogen-bond donors (Lipinski definition) is 3. The Bertz CT molecular complexity index is 477. The van der Waals surface area contributed by atoms with Crippen LogP contribution < -0.4 is 10.5 Å². The summed E-state index contributed by atoms with van der Waals surface area (Å²) in [7, 11) is -3.32. The minimum Gasteiger partial charge on any atom is -0.390 e. The maximum atomic E-state index is 11.8. The number of primary amides is 1. The first-order valence-corrected chi connectivity index (χ1v) is 8.83. The van der Waals surface area contributed by atoms with E-state index in [4.69, 9.17) is 5.73 Å². The number of piperidine rings is 1. The highest BCUT2D eigenvalue weighted by molar-refractivity contribution is 7.88. The maximum absolute atomic E-state index is 11.8. The first kappa shape index (κ1) is 15.7. The second-order valence-electron chi connectivity index (χ2n) is 5.91. The van der Waals surface area contributed by atoms with Gasteiger partial charge in [-0.15, -0.1) is 0 Å². The van der Waals surface area contributed by atoms with Crippen LogP contribution in [0.1, 0.15) is 32.1 Å². The van der Waals surface area contributed by atoms with Crippen molar-refractivity contribution >= 4 is 15.9 Å². The van der Waals surface area contributed by atoms with E-state index in [1.807, 2.05) is 4.90 Å². The molecule has 1 amide bonds. The van der Waals surface area contributed by atoms with Gasteiger partial charge in [0.25, 0.3) is 0 Å². The van der Waals surface area contributed by atoms with E-state index in [1.54, 1.807) is 0 Å². The molecule has 4 N–H and O–H groups in total. The molecule has 2 aliphatic rings. The summed E-state index contributed by atoms with van der Waals surface area (Å²) in [6.45, 7) is 0.229. The average Bonchev–Trinajstić information content (AvgIpc) is 2.56. The molecule has 2 saturated heterocycles. The second-order valence-corrected chi connectivity index (χ2v) is 7.74. The molecule has 1 unspecified atom stereocenters. The van der Waals surface area contributed by atoms with E-state index in [1.165, 1.54) is 0 Å². The standard InChI is InChI=1S/C12H23N3O4S/c1-20(18,19)14-7-10(16)8-15-9-3-2-5-12(15,6-4-9)11(13)17/h9-10,14,16H,2-8H2,1H3,(H2,13,17)/t9-,10?,12+/m0/s1. The van der Waals surface area contributed by atoms with Crippen molar-refractivity contribution in [2.24, 2.45) is 5.73 Å². The molecule has 0 saturated carbocycles. The van der Waals surface area contributed by atoms with Gasteiger partial charge in [0.05, 0.1) is 12.4 Å². The molecule has 2 rings (SSSR count). The van der Waals surface area contributed by atoms with Crippen LogP contribution in [-0.4, -0.2) is 61.4 Å². The zero-order chi connectivity index (χ0) is 15.0. The Labute approximate surface area is 119 Å². The normalized spacial score (nSPS) is 32.2. The fourth-order valence-electron chi connectivity index (χ4n) is 3.50. The number of sulfonamides is 1. The van der Waals surface area contributed by atoms with Crippen LogP contribution in [0.5, 0.6) is 0 Å². The highest BCUT2D eigenvalue weighted by Crippen LogP contribution is 2.43. The Morgan fingerprint density at radius 2 is 2.20 bits per heavy atom. The third kappa shape index (κ3) is 3.13. The summed E-state index contributed by atoms with van der Waals surface area (Å²) < 4.78 is 24.3. The van der Waals surface area contributed by atoms with Crippen LogP contribution >= 0.6 is 0 Å². The molecule has 0 aliphatic carbocycles. The van der Waals surface area contributed by atoms with Crippen molar-refractivity contribution in [2.75, 3.05) is 19.3 Å². The number of hydrogen-bond acceptors (Lipinski definition) is 5. The maximum Gasteiger partial charge on any atom is 0.237 e. The van der Waals surface area contributed by atoms with Crippen LogP contribution in [0.2, 0.25) is 0 Å². The number of nitrogens with two attached hydrogens (primary N) is 1. The third-order valence-electron chi connectivity index (χ3n) is 4.46. The van der Waals surface area contributed by atoms with Crippen molar-refractivity contribution in [1.29, 1.82) is 0 Å². The van der Waals surface area contributed by atoms with Gasteiger partial charge in [-0.25, -0.2) is 13.1 Å². The lowest BCUT2D eigenvalue weighted by atomic mass is 9.87. The molecule has 2 heterocycles. The molecule has 8 heteroatoms. The smallest absolute Gasteiger partial charge is 0.237 e. The molecular weight excluding hydrogens is 282 g/mol. The van der Waals surface area contributed by atoms with E-state index in [0.29, 0.717) is 0 Å². The third-order valence-corrected chi connectivity index (χ3v) is 5.15. The zero-order valence-electron chi connectivity index (χ0n) is 11.7. The Balaban J connectivity index is 2.02. The molecule has 0 aromatic rings. The largest absolute Gasteiger partial charge is 0.390 e. The summed E-state index contributed by atoms with van der Waals surface area (Å²) in [5.41, 5.74) is 4.93. The average molecular weight is 305 g/mol. The number of nitrogens with zero attached hydrogens (tertiary/aromatic N) is 1.